The van der Waals surface area contributed by atoms with Gasteiger partial charge in [-0.1, -0.05) is 0 Å². The Labute approximate surface area is 114 Å². The van der Waals surface area contributed by atoms with Crippen molar-refractivity contribution in [2.24, 2.45) is 0 Å². The molecule has 0 amide bonds. The molecule has 0 aliphatic heterocycles. The molecule has 0 aliphatic carbocycles. The normalized spacial score (nSPS) is 0.750. The van der Waals surface area contributed by atoms with Gasteiger partial charge in [-0.05, 0) is 0 Å². The molecule has 0 saturated carbocycles. The number of hydrogen-bond acceptors (Lipinski definition) is 3. The van der Waals surface area contributed by atoms with Crippen molar-refractivity contribution in [1.82, 2.24) is 0 Å². The Kier molecular flexibility index (Phi) is 1480. The summed E-state index contributed by atoms with van der Waals surface area (Å²) in [5.41, 5.74) is 0. The molecule has 0 aliphatic rings. The first-order chi connectivity index (χ1) is 3.00. The molecule has 3 nitrogen and oxygen atoms in total. The van der Waals surface area contributed by atoms with Gasteiger partial charge in [0, 0.05) is 0 Å². The third kappa shape index (κ3) is 216. The van der Waals surface area contributed by atoms with E-state index in [4.69, 9.17) is 35.5 Å². The zero-order valence-electron chi connectivity index (χ0n) is 4.84. The summed E-state index contributed by atoms with van der Waals surface area (Å²) in [5.74, 6) is 0. The minimum Gasteiger partial charge on any atom is -0.512 e. The fourth-order valence-electron chi connectivity index (χ4n) is 0. The van der Waals surface area contributed by atoms with Crippen molar-refractivity contribution in [2.75, 3.05) is 0 Å². The van der Waals surface area contributed by atoms with Crippen molar-refractivity contribution < 1.29 is 80.9 Å². The molecule has 8 heavy (non-hydrogen) atoms. The van der Waals surface area contributed by atoms with Crippen LogP contribution in [0.5, 0.6) is 0 Å². The van der Waals surface area contributed by atoms with E-state index in [0.717, 1.165) is 0 Å². The molecule has 0 spiro atoms. The van der Waals surface area contributed by atoms with Gasteiger partial charge in [0.2, 0.25) is 0 Å². The van der Waals surface area contributed by atoms with Crippen LogP contribution >= 0.6 is 0 Å². The molecule has 0 atom stereocenters. The van der Waals surface area contributed by atoms with Crippen LogP contribution < -0.4 is 80.9 Å². The quantitative estimate of drug-likeness (QED) is 0.249. The standard InChI is InChI=1S/3CN.K.Na/c3*1-2;;/q3*-1;2*+1. The van der Waals surface area contributed by atoms with Gasteiger partial charge in [-0.15, -0.1) is 0 Å². The zero-order chi connectivity index (χ0) is 6.00. The van der Waals surface area contributed by atoms with Gasteiger partial charge in [-0.25, -0.2) is 0 Å². The number of rotatable bonds is 0. The van der Waals surface area contributed by atoms with E-state index in [9.17, 15) is 0 Å². The molecule has 0 saturated heterocycles. The van der Waals surface area contributed by atoms with Gasteiger partial charge in [0.1, 0.15) is 0 Å². The van der Waals surface area contributed by atoms with Gasteiger partial charge >= 0.3 is 80.9 Å². The van der Waals surface area contributed by atoms with Gasteiger partial charge in [0.15, 0.2) is 0 Å². The molecule has 0 radical (unpaired) electrons. The Balaban J connectivity index is -0.00000000500. The van der Waals surface area contributed by atoms with E-state index in [1.165, 1.54) is 0 Å². The molecule has 0 aromatic carbocycles. The van der Waals surface area contributed by atoms with Crippen molar-refractivity contribution in [3.63, 3.8) is 0 Å². The van der Waals surface area contributed by atoms with E-state index < -0.39 is 0 Å². The van der Waals surface area contributed by atoms with Crippen molar-refractivity contribution >= 4 is 0 Å². The largest absolute Gasteiger partial charge is 1.00 e. The van der Waals surface area contributed by atoms with Crippen molar-refractivity contribution in [3.8, 4) is 0 Å². The molecule has 0 bridgehead atoms. The van der Waals surface area contributed by atoms with E-state index in [2.05, 4.69) is 0 Å². The summed E-state index contributed by atoms with van der Waals surface area (Å²) in [4.78, 5) is 0. The second-order valence-corrected chi connectivity index (χ2v) is 0. The summed E-state index contributed by atoms with van der Waals surface area (Å²) in [6, 6.07) is 0. The Morgan fingerprint density at radius 1 is 0.625 bits per heavy atom. The topological polar surface area (TPSA) is 71.4 Å². The molecular formula is C3KN3Na-. The van der Waals surface area contributed by atoms with Gasteiger partial charge in [-0.3, -0.25) is 0 Å². The molecule has 30 valence electrons. The molecule has 5 heteroatoms. The SMILES string of the molecule is [C-]#N.[C-]#N.[C-]#N.[K+].[Na+]. The molecule has 0 rings (SSSR count). The molecule has 0 aromatic rings. The monoisotopic (exact) mass is 140 g/mol. The Hall–Kier alpha value is 1.11. The summed E-state index contributed by atoms with van der Waals surface area (Å²) in [5, 5.41) is 18.8. The van der Waals surface area contributed by atoms with Crippen molar-refractivity contribution in [2.45, 2.75) is 0 Å². The molecule has 0 N–H and O–H groups in total. The third-order valence-corrected chi connectivity index (χ3v) is 0. The summed E-state index contributed by atoms with van der Waals surface area (Å²) >= 11 is 0. The Morgan fingerprint density at radius 3 is 0.625 bits per heavy atom. The molecule has 0 fully saturated rings. The fourth-order valence-corrected chi connectivity index (χ4v) is 0. The van der Waals surface area contributed by atoms with Crippen molar-refractivity contribution in [1.29, 1.82) is 15.8 Å². The maximum absolute atomic E-state index is 6.25. The van der Waals surface area contributed by atoms with Crippen LogP contribution in [0, 0.1) is 35.5 Å². The Morgan fingerprint density at radius 2 is 0.625 bits per heavy atom. The first kappa shape index (κ1) is 35.5. The van der Waals surface area contributed by atoms with E-state index in [0.29, 0.717) is 0 Å². The smallest absolute Gasteiger partial charge is 0.512 e. The van der Waals surface area contributed by atoms with Crippen LogP contribution in [0.2, 0.25) is 0 Å². The minimum absolute atomic E-state index is 0. The van der Waals surface area contributed by atoms with E-state index >= 15 is 0 Å². The summed E-state index contributed by atoms with van der Waals surface area (Å²) in [7, 11) is 0. The summed E-state index contributed by atoms with van der Waals surface area (Å²) in [6.45, 7) is 14.2. The first-order valence-corrected chi connectivity index (χ1v) is 0.671. The van der Waals surface area contributed by atoms with Crippen LogP contribution in [0.4, 0.5) is 0 Å². The molecular weight excluding hydrogens is 140 g/mol. The molecule has 0 aromatic heterocycles. The Bertz CT molecular complexity index is 43.0. The number of hydrogen-bond donors (Lipinski definition) is 0. The van der Waals surface area contributed by atoms with Gasteiger partial charge in [-0.2, -0.15) is 0 Å². The molecule has 0 heterocycles. The van der Waals surface area contributed by atoms with E-state index in [-0.39, 0.29) is 80.9 Å². The number of nitrogens with zero attached hydrogens (tertiary/aromatic N) is 3. The molecule has 0 unspecified atom stereocenters. The van der Waals surface area contributed by atoms with Crippen LogP contribution in [0.15, 0.2) is 0 Å². The van der Waals surface area contributed by atoms with Crippen LogP contribution in [-0.2, 0) is 0 Å². The van der Waals surface area contributed by atoms with Crippen molar-refractivity contribution in [3.05, 3.63) is 19.7 Å². The van der Waals surface area contributed by atoms with Crippen LogP contribution in [0.3, 0.4) is 0 Å². The summed E-state index contributed by atoms with van der Waals surface area (Å²) in [6.07, 6.45) is 0. The van der Waals surface area contributed by atoms with Gasteiger partial charge in [0.25, 0.3) is 0 Å². The van der Waals surface area contributed by atoms with E-state index in [1.54, 1.807) is 0 Å². The maximum atomic E-state index is 6.25. The average molecular weight is 140 g/mol. The maximum Gasteiger partial charge on any atom is 1.00 e. The van der Waals surface area contributed by atoms with E-state index in [1.807, 2.05) is 0 Å². The predicted octanol–water partition coefficient (Wildman–Crippen LogP) is -5.70. The average Bonchev–Trinajstić information content (AvgIpc) is 1.81. The predicted molar refractivity (Wildman–Crippen MR) is 14.9 cm³/mol. The summed E-state index contributed by atoms with van der Waals surface area (Å²) < 4.78 is 0. The van der Waals surface area contributed by atoms with Gasteiger partial charge in [0.05, 0.1) is 0 Å². The first-order valence-electron chi connectivity index (χ1n) is 0.671. The van der Waals surface area contributed by atoms with Crippen LogP contribution in [-0.4, -0.2) is 0 Å². The van der Waals surface area contributed by atoms with Gasteiger partial charge < -0.3 is 35.5 Å². The second-order valence-electron chi connectivity index (χ2n) is 0. The third-order valence-electron chi connectivity index (χ3n) is 0. The van der Waals surface area contributed by atoms with Crippen LogP contribution in [0.25, 0.3) is 0 Å². The fraction of sp³-hybridized carbons (Fsp3) is 0. The second kappa shape index (κ2) is 334. The van der Waals surface area contributed by atoms with Crippen LogP contribution in [0.1, 0.15) is 0 Å². The zero-order valence-corrected chi connectivity index (χ0v) is 9.96. The minimum atomic E-state index is 0.